The van der Waals surface area contributed by atoms with Crippen molar-refractivity contribution in [1.82, 2.24) is 15.5 Å². The van der Waals surface area contributed by atoms with Gasteiger partial charge >= 0.3 is 5.97 Å². The fourth-order valence-corrected chi connectivity index (χ4v) is 11.7. The van der Waals surface area contributed by atoms with Gasteiger partial charge in [-0.2, -0.15) is 0 Å². The van der Waals surface area contributed by atoms with E-state index in [4.69, 9.17) is 70.0 Å². The third-order valence-corrected chi connectivity index (χ3v) is 16.3. The van der Waals surface area contributed by atoms with Gasteiger partial charge in [-0.15, -0.1) is 11.3 Å². The molecule has 20 nitrogen and oxygen atoms in total. The van der Waals surface area contributed by atoms with Crippen LogP contribution in [0.4, 0.5) is 5.00 Å². The number of hydrogen-bond donors (Lipinski definition) is 4. The zero-order valence-electron chi connectivity index (χ0n) is 49.9. The SMILES string of the molecule is CC[C@H](C(=O)N1CCCC[C@H]1C(=O)O[C@H](CCc1ccc(OC)c(OC)c1)c1ccccc1OCC(=O)NCCOCCOCCNC(=O)C[C@@H]1N=C(c2ccc(Cl)cc2)c2c(sc(C)c2C)N(C(C)=N)C1=N)c1cc(OC)c(OC)c(OC)c1. The number of methoxy groups -OCH3 is 5. The number of carbonyl (C=O) groups excluding carboxylic acids is 4. The number of para-hydroxylation sites is 1. The number of rotatable bonds is 29. The van der Waals surface area contributed by atoms with Gasteiger partial charge in [0.25, 0.3) is 5.91 Å². The number of thiophene rings is 1. The van der Waals surface area contributed by atoms with Crippen molar-refractivity contribution in [3.8, 4) is 34.5 Å². The first kappa shape index (κ1) is 64.8. The highest BCUT2D eigenvalue weighted by Gasteiger charge is 2.39. The molecule has 3 amide bonds. The summed E-state index contributed by atoms with van der Waals surface area (Å²) in [5.74, 6) is 0.826. The molecule has 0 radical (unpaired) electrons. The quantitative estimate of drug-likeness (QED) is 0.0151. The molecule has 0 spiro atoms. The Morgan fingerprint density at radius 2 is 1.45 bits per heavy atom. The van der Waals surface area contributed by atoms with Gasteiger partial charge in [0, 0.05) is 46.2 Å². The fourth-order valence-electron chi connectivity index (χ4n) is 10.4. The van der Waals surface area contributed by atoms with Crippen LogP contribution in [0.1, 0.15) is 103 Å². The zero-order chi connectivity index (χ0) is 61.2. The minimum absolute atomic E-state index is 0.0378. The van der Waals surface area contributed by atoms with E-state index < -0.39 is 36.0 Å². The highest BCUT2D eigenvalue weighted by molar-refractivity contribution is 7.17. The maximum Gasteiger partial charge on any atom is 0.329 e. The Balaban J connectivity index is 0.903. The fraction of sp³-hybridized carbons (Fsp3) is 0.444. The minimum Gasteiger partial charge on any atom is -0.493 e. The number of fused-ring (bicyclic) bond motifs is 1. The summed E-state index contributed by atoms with van der Waals surface area (Å²) in [5.41, 5.74) is 5.38. The summed E-state index contributed by atoms with van der Waals surface area (Å²) in [4.78, 5) is 64.9. The molecule has 4 atom stereocenters. The Labute approximate surface area is 506 Å². The molecular weight excluding hydrogens is 1130 g/mol. The third kappa shape index (κ3) is 16.4. The predicted molar refractivity (Wildman–Crippen MR) is 328 cm³/mol. The van der Waals surface area contributed by atoms with Crippen molar-refractivity contribution in [1.29, 1.82) is 10.8 Å². The molecule has 0 aliphatic carbocycles. The first-order valence-corrected chi connectivity index (χ1v) is 29.6. The average molecular weight is 1210 g/mol. The van der Waals surface area contributed by atoms with E-state index in [1.165, 1.54) is 32.7 Å². The van der Waals surface area contributed by atoms with Crippen LogP contribution in [0.5, 0.6) is 34.5 Å². The van der Waals surface area contributed by atoms with Gasteiger partial charge in [0.2, 0.25) is 17.6 Å². The molecule has 0 bridgehead atoms. The van der Waals surface area contributed by atoms with Crippen LogP contribution in [0, 0.1) is 24.7 Å². The van der Waals surface area contributed by atoms with Crippen LogP contribution in [-0.2, 0) is 39.8 Å². The summed E-state index contributed by atoms with van der Waals surface area (Å²) in [6.45, 7) is 8.87. The standard InChI is InChI=1S/C63H78ClN7O13S/c1-10-45(43-34-53(78-7)59(80-9)54(35-43)79-8)61(74)70-28-14-13-16-48(70)63(75)84-50(24-18-41-19-25-51(76-5)52(33-41)77-6)46-15-11-12-17-49(46)83-37-56(73)68-27-30-82-32-31-81-29-26-67-55(72)36-47-60(66)71(40(4)65)62-57(38(2)39(3)85-62)58(69-47)42-20-22-44(64)23-21-42/h11-12,15,17,19-23,25,33-35,45,47-48,50,65-66H,10,13-14,16,18,24,26-32,36-37H2,1-9H3,(H,67,72)(H,68,73)/t45-,47-,48-,50+/m0/s1. The van der Waals surface area contributed by atoms with Gasteiger partial charge in [-0.1, -0.05) is 54.9 Å². The molecule has 0 saturated carbocycles. The van der Waals surface area contributed by atoms with E-state index >= 15 is 0 Å². The zero-order valence-corrected chi connectivity index (χ0v) is 51.4. The number of amidine groups is 2. The molecule has 4 N–H and O–H groups in total. The Morgan fingerprint density at radius 1 is 0.788 bits per heavy atom. The lowest BCUT2D eigenvalue weighted by Crippen LogP contribution is -2.50. The first-order valence-electron chi connectivity index (χ1n) is 28.4. The van der Waals surface area contributed by atoms with Crippen molar-refractivity contribution < 1.29 is 61.8 Å². The second-order valence-electron chi connectivity index (χ2n) is 20.3. The number of likely N-dealkylation sites (tertiary alicyclic amines) is 1. The van der Waals surface area contributed by atoms with Gasteiger partial charge in [0.05, 0.1) is 80.0 Å². The summed E-state index contributed by atoms with van der Waals surface area (Å²) < 4.78 is 51.8. The maximum absolute atomic E-state index is 14.6. The van der Waals surface area contributed by atoms with Crippen molar-refractivity contribution in [2.24, 2.45) is 4.99 Å². The van der Waals surface area contributed by atoms with E-state index in [0.717, 1.165) is 45.0 Å². The molecule has 2 aliphatic rings. The lowest BCUT2D eigenvalue weighted by atomic mass is 9.91. The highest BCUT2D eigenvalue weighted by atomic mass is 35.5. The number of nitrogens with zero attached hydrogens (tertiary/aromatic N) is 3. The molecule has 3 heterocycles. The molecule has 0 unspecified atom stereocenters. The predicted octanol–water partition coefficient (Wildman–Crippen LogP) is 9.59. The number of nitrogens with one attached hydrogen (secondary N) is 4. The van der Waals surface area contributed by atoms with Crippen LogP contribution >= 0.6 is 22.9 Å². The van der Waals surface area contributed by atoms with E-state index in [0.29, 0.717) is 88.6 Å². The van der Waals surface area contributed by atoms with Crippen LogP contribution in [0.25, 0.3) is 0 Å². The van der Waals surface area contributed by atoms with E-state index in [1.807, 2.05) is 57.2 Å². The number of amides is 3. The Bertz CT molecular complexity index is 3160. The molecule has 456 valence electrons. The second kappa shape index (κ2) is 31.4. The average Bonchev–Trinajstić information content (AvgIpc) is 2.37. The number of carbonyl (C=O) groups is 4. The van der Waals surface area contributed by atoms with Crippen molar-refractivity contribution in [2.75, 3.05) is 93.1 Å². The lowest BCUT2D eigenvalue weighted by Gasteiger charge is -2.37. The topological polar surface area (TPSA) is 242 Å². The largest absolute Gasteiger partial charge is 0.493 e. The monoisotopic (exact) mass is 1210 g/mol. The molecular formula is C63H78ClN7O13S. The number of benzene rings is 4. The normalized spacial score (nSPS) is 15.6. The highest BCUT2D eigenvalue weighted by Crippen LogP contribution is 2.43. The van der Waals surface area contributed by atoms with Gasteiger partial charge in [-0.05, 0) is 118 Å². The molecule has 2 aliphatic heterocycles. The van der Waals surface area contributed by atoms with E-state index in [-0.39, 0.29) is 76.0 Å². The number of hydrogen-bond acceptors (Lipinski definition) is 17. The van der Waals surface area contributed by atoms with Crippen LogP contribution in [0.15, 0.2) is 83.9 Å². The summed E-state index contributed by atoms with van der Waals surface area (Å²) >= 11 is 7.72. The first-order chi connectivity index (χ1) is 41.0. The van der Waals surface area contributed by atoms with Crippen LogP contribution < -0.4 is 44.0 Å². The molecule has 5 aromatic rings. The lowest BCUT2D eigenvalue weighted by molar-refractivity contribution is -0.162. The van der Waals surface area contributed by atoms with Crippen LogP contribution in [0.2, 0.25) is 5.02 Å². The van der Waals surface area contributed by atoms with Gasteiger partial charge in [-0.3, -0.25) is 35.1 Å². The Hall–Kier alpha value is -7.72. The molecule has 85 heavy (non-hydrogen) atoms. The van der Waals surface area contributed by atoms with E-state index in [2.05, 4.69) is 10.6 Å². The van der Waals surface area contributed by atoms with Gasteiger partial charge in [0.15, 0.2) is 29.6 Å². The molecule has 4 aromatic carbocycles. The van der Waals surface area contributed by atoms with Crippen LogP contribution in [0.3, 0.4) is 0 Å². The summed E-state index contributed by atoms with van der Waals surface area (Å²) in [5, 5.41) is 24.7. The summed E-state index contributed by atoms with van der Waals surface area (Å²) in [6.07, 6.45) is 2.13. The number of anilines is 1. The molecule has 1 aromatic heterocycles. The Morgan fingerprint density at radius 3 is 2.08 bits per heavy atom. The number of esters is 1. The third-order valence-electron chi connectivity index (χ3n) is 14.9. The molecule has 1 fully saturated rings. The number of aliphatic imine (C=N–C) groups is 1. The van der Waals surface area contributed by atoms with Crippen molar-refractivity contribution in [2.45, 2.75) is 96.7 Å². The minimum atomic E-state index is -0.859. The van der Waals surface area contributed by atoms with Crippen molar-refractivity contribution in [3.63, 3.8) is 0 Å². The molecule has 22 heteroatoms. The van der Waals surface area contributed by atoms with E-state index in [9.17, 15) is 19.2 Å². The number of halogens is 1. The van der Waals surface area contributed by atoms with Crippen molar-refractivity contribution >= 4 is 69.0 Å². The van der Waals surface area contributed by atoms with Crippen LogP contribution in [-0.4, -0.2) is 146 Å². The Kier molecular flexibility index (Phi) is 24.0. The molecule has 7 rings (SSSR count). The number of ether oxygens (including phenoxy) is 9. The van der Waals surface area contributed by atoms with Gasteiger partial charge in [-0.25, -0.2) is 4.79 Å². The summed E-state index contributed by atoms with van der Waals surface area (Å²) in [6, 6.07) is 21.8. The molecule has 1 saturated heterocycles. The number of piperidine rings is 1. The van der Waals surface area contributed by atoms with Crippen molar-refractivity contribution in [3.05, 3.63) is 122 Å². The van der Waals surface area contributed by atoms with Gasteiger partial charge < -0.3 is 58.2 Å². The second-order valence-corrected chi connectivity index (χ2v) is 22.0. The maximum atomic E-state index is 14.6. The van der Waals surface area contributed by atoms with Gasteiger partial charge in [0.1, 0.15) is 40.6 Å². The summed E-state index contributed by atoms with van der Waals surface area (Å²) in [7, 11) is 7.69. The smallest absolute Gasteiger partial charge is 0.329 e. The number of aryl methyl sites for hydroxylation is 2. The van der Waals surface area contributed by atoms with E-state index in [1.54, 1.807) is 73.4 Å².